The molecule has 0 aromatic heterocycles. The van der Waals surface area contributed by atoms with E-state index in [-0.39, 0.29) is 0 Å². The highest BCUT2D eigenvalue weighted by Crippen LogP contribution is 2.24. The van der Waals surface area contributed by atoms with Crippen LogP contribution in [-0.2, 0) is 13.1 Å². The van der Waals surface area contributed by atoms with E-state index in [9.17, 15) is 0 Å². The number of unbranched alkanes of at least 4 members (excludes halogenated alkanes) is 3. The van der Waals surface area contributed by atoms with Crippen molar-refractivity contribution in [2.75, 3.05) is 13.1 Å². The maximum atomic E-state index is 2.68. The molecule has 0 spiro atoms. The van der Waals surface area contributed by atoms with Gasteiger partial charge in [0.25, 0.3) is 0 Å². The predicted molar refractivity (Wildman–Crippen MR) is 106 cm³/mol. The van der Waals surface area contributed by atoms with Crippen molar-refractivity contribution < 1.29 is 0 Å². The topological polar surface area (TPSA) is 6.48 Å². The van der Waals surface area contributed by atoms with Crippen LogP contribution in [0.5, 0.6) is 0 Å². The Morgan fingerprint density at radius 1 is 0.720 bits per heavy atom. The number of benzene rings is 2. The molecule has 2 nitrogen and oxygen atoms in total. The molecule has 0 radical (unpaired) electrons. The molecule has 1 saturated heterocycles. The lowest BCUT2D eigenvalue weighted by Crippen LogP contribution is -2.38. The number of hydrogen-bond donors (Lipinski definition) is 0. The zero-order chi connectivity index (χ0) is 17.3. The molecule has 1 heterocycles. The van der Waals surface area contributed by atoms with Crippen LogP contribution in [0.4, 0.5) is 0 Å². The number of rotatable bonds is 9. The van der Waals surface area contributed by atoms with Crippen LogP contribution in [0, 0.1) is 0 Å². The Kier molecular flexibility index (Phi) is 7.08. The van der Waals surface area contributed by atoms with Gasteiger partial charge in [-0.05, 0) is 17.5 Å². The maximum absolute atomic E-state index is 2.68. The largest absolute Gasteiger partial charge is 0.282 e. The molecule has 0 atom stereocenters. The van der Waals surface area contributed by atoms with Crippen LogP contribution in [0.25, 0.3) is 0 Å². The smallest absolute Gasteiger partial charge is 0.0629 e. The van der Waals surface area contributed by atoms with Crippen LogP contribution in [0.3, 0.4) is 0 Å². The van der Waals surface area contributed by atoms with Crippen LogP contribution >= 0.6 is 0 Å². The minimum atomic E-state index is 0.581. The molecule has 0 saturated carbocycles. The van der Waals surface area contributed by atoms with Crippen molar-refractivity contribution in [3.8, 4) is 0 Å². The third-order valence-electron chi connectivity index (χ3n) is 5.29. The van der Waals surface area contributed by atoms with E-state index in [4.69, 9.17) is 0 Å². The third kappa shape index (κ3) is 5.42. The average molecular weight is 337 g/mol. The van der Waals surface area contributed by atoms with Gasteiger partial charge in [0.15, 0.2) is 0 Å². The van der Waals surface area contributed by atoms with E-state index in [2.05, 4.69) is 77.4 Å². The molecule has 25 heavy (non-hydrogen) atoms. The molecule has 0 bridgehead atoms. The molecule has 0 unspecified atom stereocenters. The van der Waals surface area contributed by atoms with Gasteiger partial charge in [-0.2, -0.15) is 0 Å². The zero-order valence-corrected chi connectivity index (χ0v) is 15.6. The molecule has 0 amide bonds. The van der Waals surface area contributed by atoms with Crippen molar-refractivity contribution in [1.82, 2.24) is 9.80 Å². The first-order valence-corrected chi connectivity index (χ1v) is 9.93. The molecule has 2 aromatic carbocycles. The van der Waals surface area contributed by atoms with Crippen molar-refractivity contribution in [1.29, 1.82) is 0 Å². The Hall–Kier alpha value is -1.64. The van der Waals surface area contributed by atoms with E-state index in [1.54, 1.807) is 0 Å². The lowest BCUT2D eigenvalue weighted by molar-refractivity contribution is 0.113. The van der Waals surface area contributed by atoms with Gasteiger partial charge in [0, 0.05) is 26.2 Å². The molecular formula is C23H32N2. The van der Waals surface area contributed by atoms with Gasteiger partial charge in [0.05, 0.1) is 6.17 Å². The summed E-state index contributed by atoms with van der Waals surface area (Å²) in [7, 11) is 0. The SMILES string of the molecule is CCCCCCC1N(Cc2ccccc2)CCN1Cc1ccccc1. The third-order valence-corrected chi connectivity index (χ3v) is 5.29. The second kappa shape index (κ2) is 9.74. The summed E-state index contributed by atoms with van der Waals surface area (Å²) >= 11 is 0. The highest BCUT2D eigenvalue weighted by atomic mass is 15.4. The summed E-state index contributed by atoms with van der Waals surface area (Å²) in [5.74, 6) is 0. The molecule has 1 fully saturated rings. The molecule has 1 aliphatic heterocycles. The zero-order valence-electron chi connectivity index (χ0n) is 15.6. The fraction of sp³-hybridized carbons (Fsp3) is 0.478. The van der Waals surface area contributed by atoms with Crippen molar-refractivity contribution >= 4 is 0 Å². The molecular weight excluding hydrogens is 304 g/mol. The van der Waals surface area contributed by atoms with E-state index < -0.39 is 0 Å². The van der Waals surface area contributed by atoms with Gasteiger partial charge in [-0.1, -0.05) is 93.3 Å². The molecule has 0 N–H and O–H groups in total. The van der Waals surface area contributed by atoms with Crippen molar-refractivity contribution in [3.05, 3.63) is 71.8 Å². The van der Waals surface area contributed by atoms with Crippen molar-refractivity contribution in [2.24, 2.45) is 0 Å². The molecule has 134 valence electrons. The van der Waals surface area contributed by atoms with E-state index >= 15 is 0 Å². The molecule has 2 heteroatoms. The number of hydrogen-bond acceptors (Lipinski definition) is 2. The summed E-state index contributed by atoms with van der Waals surface area (Å²) in [6.07, 6.45) is 7.26. The first-order chi connectivity index (χ1) is 12.4. The van der Waals surface area contributed by atoms with Gasteiger partial charge in [-0.3, -0.25) is 9.80 Å². The minimum absolute atomic E-state index is 0.581. The predicted octanol–water partition coefficient (Wildman–Crippen LogP) is 5.30. The maximum Gasteiger partial charge on any atom is 0.0629 e. The normalized spacial score (nSPS) is 16.5. The molecule has 3 rings (SSSR count). The van der Waals surface area contributed by atoms with Gasteiger partial charge in [-0.25, -0.2) is 0 Å². The second-order valence-electron chi connectivity index (χ2n) is 7.24. The Labute approximate surface area is 153 Å². The highest BCUT2D eigenvalue weighted by molar-refractivity contribution is 5.16. The summed E-state index contributed by atoms with van der Waals surface area (Å²) in [6, 6.07) is 21.9. The Bertz CT molecular complexity index is 547. The van der Waals surface area contributed by atoms with E-state index in [1.165, 1.54) is 56.3 Å². The fourth-order valence-corrected chi connectivity index (χ4v) is 3.91. The minimum Gasteiger partial charge on any atom is -0.282 e. The lowest BCUT2D eigenvalue weighted by atomic mass is 10.1. The lowest BCUT2D eigenvalue weighted by Gasteiger charge is -2.30. The summed E-state index contributed by atoms with van der Waals surface area (Å²) in [5.41, 5.74) is 2.87. The van der Waals surface area contributed by atoms with Crippen LogP contribution in [0.15, 0.2) is 60.7 Å². The van der Waals surface area contributed by atoms with Gasteiger partial charge in [0.2, 0.25) is 0 Å². The number of nitrogens with zero attached hydrogens (tertiary/aromatic N) is 2. The van der Waals surface area contributed by atoms with E-state index in [0.717, 1.165) is 13.1 Å². The van der Waals surface area contributed by atoms with E-state index in [0.29, 0.717) is 6.17 Å². The first kappa shape index (κ1) is 18.2. The quantitative estimate of drug-likeness (QED) is 0.573. The van der Waals surface area contributed by atoms with Gasteiger partial charge in [0.1, 0.15) is 0 Å². The standard InChI is InChI=1S/C23H32N2/c1-2-3-4-11-16-23-24(19-21-12-7-5-8-13-21)17-18-25(23)20-22-14-9-6-10-15-22/h5-10,12-15,23H,2-4,11,16-20H2,1H3. The second-order valence-corrected chi connectivity index (χ2v) is 7.24. The average Bonchev–Trinajstić information content (AvgIpc) is 3.02. The fourth-order valence-electron chi connectivity index (χ4n) is 3.91. The Morgan fingerprint density at radius 2 is 1.24 bits per heavy atom. The molecule has 1 aliphatic rings. The van der Waals surface area contributed by atoms with E-state index in [1.807, 2.05) is 0 Å². The Morgan fingerprint density at radius 3 is 1.72 bits per heavy atom. The van der Waals surface area contributed by atoms with Gasteiger partial charge < -0.3 is 0 Å². The summed E-state index contributed by atoms with van der Waals surface area (Å²) in [6.45, 7) is 6.80. The first-order valence-electron chi connectivity index (χ1n) is 9.93. The molecule has 2 aromatic rings. The molecule has 0 aliphatic carbocycles. The van der Waals surface area contributed by atoms with Crippen LogP contribution in [0.1, 0.15) is 50.2 Å². The van der Waals surface area contributed by atoms with Crippen LogP contribution in [0.2, 0.25) is 0 Å². The van der Waals surface area contributed by atoms with Crippen LogP contribution in [-0.4, -0.2) is 29.1 Å². The summed E-state index contributed by atoms with van der Waals surface area (Å²) < 4.78 is 0. The van der Waals surface area contributed by atoms with Gasteiger partial charge in [-0.15, -0.1) is 0 Å². The van der Waals surface area contributed by atoms with Crippen molar-refractivity contribution in [2.45, 2.75) is 58.3 Å². The summed E-state index contributed by atoms with van der Waals surface area (Å²) in [4.78, 5) is 5.37. The Balaban J connectivity index is 1.64. The monoisotopic (exact) mass is 336 g/mol. The van der Waals surface area contributed by atoms with Gasteiger partial charge >= 0.3 is 0 Å². The highest BCUT2D eigenvalue weighted by Gasteiger charge is 2.31. The summed E-state index contributed by atoms with van der Waals surface area (Å²) in [5, 5.41) is 0. The van der Waals surface area contributed by atoms with Crippen LogP contribution < -0.4 is 0 Å². The van der Waals surface area contributed by atoms with Crippen molar-refractivity contribution in [3.63, 3.8) is 0 Å².